The van der Waals surface area contributed by atoms with Gasteiger partial charge in [0.2, 0.25) is 0 Å². The predicted molar refractivity (Wildman–Crippen MR) is 78.3 cm³/mol. The first kappa shape index (κ1) is 16.1. The zero-order valence-corrected chi connectivity index (χ0v) is 12.5. The van der Waals surface area contributed by atoms with Crippen molar-refractivity contribution in [3.05, 3.63) is 34.6 Å². The van der Waals surface area contributed by atoms with E-state index in [1.54, 1.807) is 6.07 Å². The first-order valence-corrected chi connectivity index (χ1v) is 6.98. The van der Waals surface area contributed by atoms with Crippen LogP contribution >= 0.6 is 0 Å². The number of rotatable bonds is 7. The van der Waals surface area contributed by atoms with Crippen LogP contribution < -0.4 is 11.3 Å². The quantitative estimate of drug-likeness (QED) is 0.589. The third-order valence-corrected chi connectivity index (χ3v) is 3.66. The van der Waals surface area contributed by atoms with Crippen LogP contribution in [0, 0.1) is 19.7 Å². The number of aryl methyl sites for hydroxylation is 2. The molecule has 1 rings (SSSR count). The van der Waals surface area contributed by atoms with Crippen molar-refractivity contribution in [1.82, 2.24) is 10.3 Å². The summed E-state index contributed by atoms with van der Waals surface area (Å²) in [6.07, 6.45) is 0.805. The van der Waals surface area contributed by atoms with Gasteiger partial charge in [0.25, 0.3) is 0 Å². The molecule has 0 saturated carbocycles. The van der Waals surface area contributed by atoms with Crippen LogP contribution in [-0.2, 0) is 0 Å². The molecule has 1 aromatic rings. The normalized spacial score (nSPS) is 13.0. The molecule has 4 heteroatoms. The molecule has 19 heavy (non-hydrogen) atoms. The minimum atomic E-state index is -0.167. The summed E-state index contributed by atoms with van der Waals surface area (Å²) in [5.41, 5.74) is 5.35. The van der Waals surface area contributed by atoms with Crippen LogP contribution in [0.15, 0.2) is 12.1 Å². The van der Waals surface area contributed by atoms with E-state index in [2.05, 4.69) is 24.2 Å². The maximum atomic E-state index is 14.1. The molecule has 3 N–H and O–H groups in total. The Balaban J connectivity index is 2.86. The topological polar surface area (TPSA) is 41.3 Å². The Kier molecular flexibility index (Phi) is 6.42. The lowest BCUT2D eigenvalue weighted by atomic mass is 9.96. The average Bonchev–Trinajstić information content (AvgIpc) is 2.36. The van der Waals surface area contributed by atoms with Gasteiger partial charge < -0.3 is 4.90 Å². The van der Waals surface area contributed by atoms with E-state index in [9.17, 15) is 4.39 Å². The highest BCUT2D eigenvalue weighted by Crippen LogP contribution is 2.25. The number of halogens is 1. The summed E-state index contributed by atoms with van der Waals surface area (Å²) < 4.78 is 14.1. The van der Waals surface area contributed by atoms with Crippen molar-refractivity contribution in [2.45, 2.75) is 40.2 Å². The molecule has 1 unspecified atom stereocenters. The second kappa shape index (κ2) is 7.58. The Morgan fingerprint density at radius 3 is 2.37 bits per heavy atom. The van der Waals surface area contributed by atoms with Crippen LogP contribution in [0.4, 0.5) is 4.39 Å². The average molecular weight is 267 g/mol. The van der Waals surface area contributed by atoms with E-state index >= 15 is 0 Å². The molecular weight excluding hydrogens is 241 g/mol. The molecule has 0 radical (unpaired) electrons. The minimum Gasteiger partial charge on any atom is -0.304 e. The molecule has 0 heterocycles. The summed E-state index contributed by atoms with van der Waals surface area (Å²) in [6.45, 7) is 11.0. The van der Waals surface area contributed by atoms with E-state index in [0.717, 1.165) is 37.2 Å². The highest BCUT2D eigenvalue weighted by Gasteiger charge is 2.18. The lowest BCUT2D eigenvalue weighted by Gasteiger charge is -2.24. The monoisotopic (exact) mass is 267 g/mol. The number of nitrogens with one attached hydrogen (secondary N) is 1. The van der Waals surface area contributed by atoms with E-state index in [4.69, 9.17) is 5.84 Å². The van der Waals surface area contributed by atoms with Gasteiger partial charge in [0.1, 0.15) is 5.82 Å². The number of hydrazine groups is 1. The Labute approximate surface area is 116 Å². The molecule has 0 bridgehead atoms. The molecule has 108 valence electrons. The molecular formula is C15H26FN3. The molecule has 0 saturated heterocycles. The van der Waals surface area contributed by atoms with Gasteiger partial charge in [0, 0.05) is 5.56 Å². The fourth-order valence-corrected chi connectivity index (χ4v) is 2.53. The molecule has 1 atom stereocenters. The fraction of sp³-hybridized carbons (Fsp3) is 0.600. The van der Waals surface area contributed by atoms with Crippen molar-refractivity contribution >= 4 is 0 Å². The van der Waals surface area contributed by atoms with E-state index in [0.29, 0.717) is 5.56 Å². The van der Waals surface area contributed by atoms with Gasteiger partial charge in [0.15, 0.2) is 0 Å². The Hall–Kier alpha value is -0.970. The van der Waals surface area contributed by atoms with Crippen molar-refractivity contribution in [2.75, 3.05) is 19.6 Å². The van der Waals surface area contributed by atoms with E-state index in [-0.39, 0.29) is 11.9 Å². The van der Waals surface area contributed by atoms with Crippen LogP contribution in [0.25, 0.3) is 0 Å². The van der Waals surface area contributed by atoms with Gasteiger partial charge in [-0.3, -0.25) is 11.3 Å². The minimum absolute atomic E-state index is 0.138. The number of benzene rings is 1. The third-order valence-electron chi connectivity index (χ3n) is 3.66. The van der Waals surface area contributed by atoms with Gasteiger partial charge in [-0.25, -0.2) is 4.39 Å². The van der Waals surface area contributed by atoms with Gasteiger partial charge in [0.05, 0.1) is 6.04 Å². The lowest BCUT2D eigenvalue weighted by Crippen LogP contribution is -2.33. The van der Waals surface area contributed by atoms with Crippen molar-refractivity contribution in [1.29, 1.82) is 0 Å². The second-order valence-corrected chi connectivity index (χ2v) is 5.01. The Morgan fingerprint density at radius 2 is 1.89 bits per heavy atom. The molecule has 0 aliphatic rings. The highest BCUT2D eigenvalue weighted by atomic mass is 19.1. The van der Waals surface area contributed by atoms with Crippen molar-refractivity contribution in [2.24, 2.45) is 5.84 Å². The van der Waals surface area contributed by atoms with E-state index in [1.807, 2.05) is 19.9 Å². The maximum absolute atomic E-state index is 14.1. The molecule has 0 aliphatic carbocycles. The first-order valence-electron chi connectivity index (χ1n) is 6.98. The molecule has 0 spiro atoms. The van der Waals surface area contributed by atoms with Gasteiger partial charge in [-0.05, 0) is 57.1 Å². The number of nitrogens with zero attached hydrogens (tertiary/aromatic N) is 1. The van der Waals surface area contributed by atoms with Crippen LogP contribution in [-0.4, -0.2) is 24.5 Å². The van der Waals surface area contributed by atoms with Crippen LogP contribution in [0.5, 0.6) is 0 Å². The number of hydrogen-bond donors (Lipinski definition) is 2. The SMILES string of the molecule is CCN(CC)CCC(NN)c1c(C)cc(C)cc1F. The zero-order valence-electron chi connectivity index (χ0n) is 12.5. The smallest absolute Gasteiger partial charge is 0.128 e. The molecule has 1 aromatic carbocycles. The van der Waals surface area contributed by atoms with Crippen LogP contribution in [0.1, 0.15) is 43.0 Å². The van der Waals surface area contributed by atoms with Gasteiger partial charge in [-0.1, -0.05) is 19.9 Å². The van der Waals surface area contributed by atoms with Crippen molar-refractivity contribution < 1.29 is 4.39 Å². The molecule has 0 aromatic heterocycles. The number of hydrogen-bond acceptors (Lipinski definition) is 3. The zero-order chi connectivity index (χ0) is 14.4. The summed E-state index contributed by atoms with van der Waals surface area (Å²) in [5.74, 6) is 5.45. The summed E-state index contributed by atoms with van der Waals surface area (Å²) in [4.78, 5) is 2.31. The Morgan fingerprint density at radius 1 is 1.26 bits per heavy atom. The first-order chi connectivity index (χ1) is 9.03. The summed E-state index contributed by atoms with van der Waals surface area (Å²) in [7, 11) is 0. The molecule has 0 fully saturated rings. The summed E-state index contributed by atoms with van der Waals surface area (Å²) in [6, 6.07) is 3.44. The highest BCUT2D eigenvalue weighted by molar-refractivity contribution is 5.34. The molecule has 0 amide bonds. The second-order valence-electron chi connectivity index (χ2n) is 5.01. The third kappa shape index (κ3) is 4.27. The predicted octanol–water partition coefficient (Wildman–Crippen LogP) is 2.68. The largest absolute Gasteiger partial charge is 0.304 e. The van der Waals surface area contributed by atoms with Gasteiger partial charge >= 0.3 is 0 Å². The van der Waals surface area contributed by atoms with Crippen LogP contribution in [0.2, 0.25) is 0 Å². The number of nitrogens with two attached hydrogens (primary N) is 1. The van der Waals surface area contributed by atoms with E-state index < -0.39 is 0 Å². The van der Waals surface area contributed by atoms with Crippen LogP contribution in [0.3, 0.4) is 0 Å². The summed E-state index contributed by atoms with van der Waals surface area (Å²) in [5, 5.41) is 0. The van der Waals surface area contributed by atoms with Gasteiger partial charge in [-0.15, -0.1) is 0 Å². The van der Waals surface area contributed by atoms with Gasteiger partial charge in [-0.2, -0.15) is 0 Å². The maximum Gasteiger partial charge on any atom is 0.128 e. The van der Waals surface area contributed by atoms with Crippen molar-refractivity contribution in [3.63, 3.8) is 0 Å². The fourth-order valence-electron chi connectivity index (χ4n) is 2.53. The van der Waals surface area contributed by atoms with E-state index in [1.165, 1.54) is 0 Å². The summed E-state index contributed by atoms with van der Waals surface area (Å²) >= 11 is 0. The molecule has 0 aliphatic heterocycles. The van der Waals surface area contributed by atoms with Crippen molar-refractivity contribution in [3.8, 4) is 0 Å². The molecule has 3 nitrogen and oxygen atoms in total. The lowest BCUT2D eigenvalue weighted by molar-refractivity contribution is 0.280. The standard InChI is InChI=1S/C15H26FN3/c1-5-19(6-2)8-7-14(18-17)15-12(4)9-11(3)10-13(15)16/h9-10,14,18H,5-8,17H2,1-4H3. The Bertz CT molecular complexity index is 379.